The first kappa shape index (κ1) is 11.8. The van der Waals surface area contributed by atoms with Crippen LogP contribution in [0.25, 0.3) is 0 Å². The van der Waals surface area contributed by atoms with E-state index in [4.69, 9.17) is 0 Å². The molecule has 0 saturated heterocycles. The lowest BCUT2D eigenvalue weighted by Gasteiger charge is -2.04. The van der Waals surface area contributed by atoms with Gasteiger partial charge in [0.2, 0.25) is 6.20 Å². The highest BCUT2D eigenvalue weighted by Crippen LogP contribution is 2.25. The largest absolute Gasteiger partial charge is 0.345 e. The van der Waals surface area contributed by atoms with E-state index in [1.165, 1.54) is 24.3 Å². The van der Waals surface area contributed by atoms with Crippen molar-refractivity contribution >= 4 is 17.1 Å². The van der Waals surface area contributed by atoms with Gasteiger partial charge in [0.15, 0.2) is 5.69 Å². The van der Waals surface area contributed by atoms with Crippen molar-refractivity contribution in [3.8, 4) is 0 Å². The molecule has 1 heterocycles. The Kier molecular flexibility index (Phi) is 3.05. The van der Waals surface area contributed by atoms with E-state index in [-0.39, 0.29) is 11.4 Å². The monoisotopic (exact) mass is 250 g/mol. The Hall–Kier alpha value is -2.70. The van der Waals surface area contributed by atoms with Crippen LogP contribution in [-0.2, 0) is 0 Å². The molecular weight excluding hydrogens is 241 g/mol. The van der Waals surface area contributed by atoms with Gasteiger partial charge in [-0.2, -0.15) is 0 Å². The second kappa shape index (κ2) is 4.66. The molecule has 2 rings (SSSR count). The third-order valence-corrected chi connectivity index (χ3v) is 2.24. The molecule has 1 aromatic heterocycles. The third-order valence-electron chi connectivity index (χ3n) is 2.24. The van der Waals surface area contributed by atoms with Crippen molar-refractivity contribution in [3.05, 3.63) is 58.7 Å². The summed E-state index contributed by atoms with van der Waals surface area (Å²) >= 11 is 0. The van der Waals surface area contributed by atoms with Crippen molar-refractivity contribution in [1.82, 2.24) is 0 Å². The zero-order valence-electron chi connectivity index (χ0n) is 9.08. The van der Waals surface area contributed by atoms with Gasteiger partial charge in [-0.05, 0) is 24.3 Å². The maximum Gasteiger partial charge on any atom is 0.305 e. The molecule has 92 valence electrons. The summed E-state index contributed by atoms with van der Waals surface area (Å²) in [7, 11) is 0. The molecule has 0 aliphatic heterocycles. The molecule has 0 aliphatic rings. The van der Waals surface area contributed by atoms with Crippen molar-refractivity contribution in [3.63, 3.8) is 0 Å². The van der Waals surface area contributed by atoms with E-state index in [0.717, 1.165) is 18.5 Å². The van der Waals surface area contributed by atoms with Gasteiger partial charge in [-0.25, -0.2) is 4.39 Å². The lowest BCUT2D eigenvalue weighted by atomic mass is 10.3. The molecule has 18 heavy (non-hydrogen) atoms. The van der Waals surface area contributed by atoms with Crippen LogP contribution in [0.1, 0.15) is 0 Å². The normalized spacial score (nSPS) is 10.1. The number of hydrogen-bond acceptors (Lipinski definition) is 4. The van der Waals surface area contributed by atoms with E-state index in [2.05, 4.69) is 5.32 Å². The summed E-state index contributed by atoms with van der Waals surface area (Å²) in [5, 5.41) is 22.8. The predicted octanol–water partition coefficient (Wildman–Crippen LogP) is 2.00. The Morgan fingerprint density at radius 1 is 1.28 bits per heavy atom. The van der Waals surface area contributed by atoms with Crippen LogP contribution in [0.2, 0.25) is 0 Å². The van der Waals surface area contributed by atoms with Crippen LogP contribution in [0.3, 0.4) is 0 Å². The van der Waals surface area contributed by atoms with Gasteiger partial charge in [0, 0.05) is 10.4 Å². The summed E-state index contributed by atoms with van der Waals surface area (Å²) in [6.07, 6.45) is 2.30. The first-order chi connectivity index (χ1) is 8.56. The minimum absolute atomic E-state index is 0.108. The average molecular weight is 250 g/mol. The standard InChI is InChI=1S/C11H9FN3O3/c12-8-1-3-9(4-2-8)13-10-7-14(16)6-5-11(10)15(17)18/h1-7,13,16H/q+1. The number of hydrogen-bond donors (Lipinski definition) is 2. The fourth-order valence-electron chi connectivity index (χ4n) is 1.42. The summed E-state index contributed by atoms with van der Waals surface area (Å²) in [6.45, 7) is 0. The number of aromatic nitrogens is 1. The van der Waals surface area contributed by atoms with Crippen molar-refractivity contribution < 1.29 is 19.3 Å². The van der Waals surface area contributed by atoms with E-state index in [0.29, 0.717) is 10.4 Å². The maximum atomic E-state index is 12.7. The summed E-state index contributed by atoms with van der Waals surface area (Å²) in [6, 6.07) is 6.49. The van der Waals surface area contributed by atoms with Crippen LogP contribution in [0, 0.1) is 15.9 Å². The van der Waals surface area contributed by atoms with Crippen molar-refractivity contribution in [1.29, 1.82) is 0 Å². The number of nitro groups is 1. The van der Waals surface area contributed by atoms with E-state index >= 15 is 0 Å². The summed E-state index contributed by atoms with van der Waals surface area (Å²) < 4.78 is 13.4. The molecule has 0 aliphatic carbocycles. The number of pyridine rings is 1. The fraction of sp³-hybridized carbons (Fsp3) is 0. The molecule has 0 amide bonds. The highest BCUT2D eigenvalue weighted by molar-refractivity contribution is 5.67. The number of nitrogens with zero attached hydrogens (tertiary/aromatic N) is 2. The molecule has 0 fully saturated rings. The lowest BCUT2D eigenvalue weighted by Crippen LogP contribution is -2.29. The molecule has 0 bridgehead atoms. The van der Waals surface area contributed by atoms with E-state index in [1.54, 1.807) is 0 Å². The second-order valence-corrected chi connectivity index (χ2v) is 3.51. The Morgan fingerprint density at radius 3 is 2.56 bits per heavy atom. The molecule has 6 nitrogen and oxygen atoms in total. The van der Waals surface area contributed by atoms with E-state index < -0.39 is 10.7 Å². The number of anilines is 2. The van der Waals surface area contributed by atoms with Crippen molar-refractivity contribution in [2.75, 3.05) is 5.32 Å². The Morgan fingerprint density at radius 2 is 1.94 bits per heavy atom. The summed E-state index contributed by atoms with van der Waals surface area (Å²) in [5.41, 5.74) is 0.395. The SMILES string of the molecule is O=[N+]([O-])c1cc[n+](O)cc1Nc1ccc(F)cc1. The number of rotatable bonds is 3. The molecule has 1 aromatic carbocycles. The van der Waals surface area contributed by atoms with Gasteiger partial charge in [0.1, 0.15) is 5.82 Å². The summed E-state index contributed by atoms with van der Waals surface area (Å²) in [5.74, 6) is -0.402. The maximum absolute atomic E-state index is 12.7. The highest BCUT2D eigenvalue weighted by Gasteiger charge is 2.18. The molecule has 2 N–H and O–H groups in total. The van der Waals surface area contributed by atoms with E-state index in [9.17, 15) is 19.7 Å². The Balaban J connectivity index is 2.35. The zero-order valence-corrected chi connectivity index (χ0v) is 9.08. The predicted molar refractivity (Wildman–Crippen MR) is 60.2 cm³/mol. The minimum atomic E-state index is -0.578. The van der Waals surface area contributed by atoms with Gasteiger partial charge in [-0.15, -0.1) is 0 Å². The Labute approximate surface area is 101 Å². The quantitative estimate of drug-likeness (QED) is 0.378. The average Bonchev–Trinajstić information content (AvgIpc) is 2.32. The molecule has 0 radical (unpaired) electrons. The van der Waals surface area contributed by atoms with Crippen LogP contribution >= 0.6 is 0 Å². The van der Waals surface area contributed by atoms with Gasteiger partial charge in [0.05, 0.1) is 11.0 Å². The Bertz CT molecular complexity index is 587. The first-order valence-electron chi connectivity index (χ1n) is 4.98. The first-order valence-corrected chi connectivity index (χ1v) is 4.98. The molecular formula is C11H9FN3O3+. The van der Waals surface area contributed by atoms with Gasteiger partial charge < -0.3 is 5.32 Å². The van der Waals surface area contributed by atoms with Crippen LogP contribution in [-0.4, -0.2) is 10.1 Å². The molecule has 2 aromatic rings. The second-order valence-electron chi connectivity index (χ2n) is 3.51. The third kappa shape index (κ3) is 2.51. The van der Waals surface area contributed by atoms with Crippen LogP contribution in [0.15, 0.2) is 42.7 Å². The fourth-order valence-corrected chi connectivity index (χ4v) is 1.42. The van der Waals surface area contributed by atoms with Crippen molar-refractivity contribution in [2.24, 2.45) is 0 Å². The molecule has 0 atom stereocenters. The van der Waals surface area contributed by atoms with Gasteiger partial charge >= 0.3 is 5.69 Å². The smallest absolute Gasteiger partial charge is 0.305 e. The minimum Gasteiger partial charge on any atom is -0.345 e. The molecule has 0 saturated carbocycles. The number of halogens is 1. The lowest BCUT2D eigenvalue weighted by molar-refractivity contribution is -0.904. The van der Waals surface area contributed by atoms with Crippen LogP contribution < -0.4 is 10.0 Å². The van der Waals surface area contributed by atoms with Gasteiger partial charge in [-0.1, -0.05) is 0 Å². The zero-order chi connectivity index (χ0) is 13.1. The van der Waals surface area contributed by atoms with Crippen LogP contribution in [0.5, 0.6) is 0 Å². The highest BCUT2D eigenvalue weighted by atomic mass is 19.1. The molecule has 0 spiro atoms. The number of benzene rings is 1. The molecule has 7 heteroatoms. The van der Waals surface area contributed by atoms with Gasteiger partial charge in [0.25, 0.3) is 6.20 Å². The van der Waals surface area contributed by atoms with Crippen LogP contribution in [0.4, 0.5) is 21.5 Å². The topological polar surface area (TPSA) is 79.3 Å². The number of nitrogens with one attached hydrogen (secondary N) is 1. The molecule has 0 unspecified atom stereocenters. The van der Waals surface area contributed by atoms with E-state index in [1.807, 2.05) is 0 Å². The van der Waals surface area contributed by atoms with Gasteiger partial charge in [-0.3, -0.25) is 15.3 Å². The summed E-state index contributed by atoms with van der Waals surface area (Å²) in [4.78, 5) is 10.2. The van der Waals surface area contributed by atoms with Crippen molar-refractivity contribution in [2.45, 2.75) is 0 Å².